The molecule has 1 amide bonds. The first kappa shape index (κ1) is 16.3. The number of amides is 1. The van der Waals surface area contributed by atoms with E-state index >= 15 is 0 Å². The molecular formula is C12H12FIN4O5. The van der Waals surface area contributed by atoms with Crippen molar-refractivity contribution in [2.24, 2.45) is 5.73 Å². The summed E-state index contributed by atoms with van der Waals surface area (Å²) >= 11 is 1.94. The monoisotopic (exact) mass is 438 g/mol. The molecule has 2 aromatic rings. The molecule has 9 nitrogen and oxygen atoms in total. The van der Waals surface area contributed by atoms with E-state index in [4.69, 9.17) is 20.3 Å². The fourth-order valence-corrected chi connectivity index (χ4v) is 3.23. The van der Waals surface area contributed by atoms with Gasteiger partial charge in [0.2, 0.25) is 5.88 Å². The van der Waals surface area contributed by atoms with Crippen molar-refractivity contribution in [3.8, 4) is 5.88 Å². The van der Waals surface area contributed by atoms with Crippen LogP contribution < -0.4 is 10.5 Å². The summed E-state index contributed by atoms with van der Waals surface area (Å²) in [5.74, 6) is -0.0571. The maximum Gasteiger partial charge on any atom is 0.411 e. The molecule has 4 N–H and O–H groups in total. The molecule has 0 saturated carbocycles. The molecule has 3 rings (SSSR count). The Kier molecular flexibility index (Phi) is 4.35. The number of fused-ring (bicyclic) bond motifs is 1. The van der Waals surface area contributed by atoms with Crippen LogP contribution in [0.1, 0.15) is 6.23 Å². The first-order valence-electron chi connectivity index (χ1n) is 6.50. The fraction of sp³-hybridized carbons (Fsp3) is 0.417. The summed E-state index contributed by atoms with van der Waals surface area (Å²) in [7, 11) is 0. The van der Waals surface area contributed by atoms with Gasteiger partial charge in [-0.2, -0.15) is 0 Å². The Morgan fingerprint density at radius 1 is 1.57 bits per heavy atom. The Balaban J connectivity index is 2.08. The van der Waals surface area contributed by atoms with Gasteiger partial charge in [0, 0.05) is 9.77 Å². The topological polar surface area (TPSA) is 133 Å². The summed E-state index contributed by atoms with van der Waals surface area (Å²) in [6.07, 6.45) is -3.80. The summed E-state index contributed by atoms with van der Waals surface area (Å²) < 4.78 is 26.4. The number of ether oxygens (including phenoxy) is 2. The van der Waals surface area contributed by atoms with Crippen LogP contribution >= 0.6 is 22.6 Å². The Morgan fingerprint density at radius 3 is 2.91 bits per heavy atom. The number of carbonyl (C=O) groups is 1. The molecular weight excluding hydrogens is 426 g/mol. The lowest BCUT2D eigenvalue weighted by atomic mass is 10.1. The molecule has 1 fully saturated rings. The number of rotatable bonds is 3. The number of alkyl halides is 1. The predicted molar refractivity (Wildman–Crippen MR) is 82.4 cm³/mol. The van der Waals surface area contributed by atoms with E-state index in [1.165, 1.54) is 10.8 Å². The number of aliphatic hydroxyl groups is 2. The average molecular weight is 438 g/mol. The van der Waals surface area contributed by atoms with Crippen LogP contribution in [-0.2, 0) is 4.74 Å². The molecule has 0 aliphatic carbocycles. The van der Waals surface area contributed by atoms with Gasteiger partial charge < -0.3 is 30.0 Å². The summed E-state index contributed by atoms with van der Waals surface area (Å²) in [6.45, 7) is -0.514. The van der Waals surface area contributed by atoms with Crippen molar-refractivity contribution in [1.29, 1.82) is 0 Å². The van der Waals surface area contributed by atoms with E-state index in [-0.39, 0.29) is 11.5 Å². The minimum Gasteiger partial charge on any atom is -0.394 e. The van der Waals surface area contributed by atoms with Gasteiger partial charge in [0.25, 0.3) is 0 Å². The van der Waals surface area contributed by atoms with Crippen molar-refractivity contribution in [3.63, 3.8) is 0 Å². The minimum atomic E-state index is -1.76. The van der Waals surface area contributed by atoms with Crippen molar-refractivity contribution in [2.45, 2.75) is 24.6 Å². The van der Waals surface area contributed by atoms with Gasteiger partial charge in [0.1, 0.15) is 18.5 Å². The molecule has 0 radical (unpaired) electrons. The molecule has 0 aromatic carbocycles. The zero-order valence-corrected chi connectivity index (χ0v) is 13.6. The minimum absolute atomic E-state index is 0.0571. The quantitative estimate of drug-likeness (QED) is 0.579. The third-order valence-electron chi connectivity index (χ3n) is 3.47. The van der Waals surface area contributed by atoms with Crippen LogP contribution in [0.2, 0.25) is 0 Å². The fourth-order valence-electron chi connectivity index (χ4n) is 2.46. The normalized spacial score (nSPS) is 27.5. The van der Waals surface area contributed by atoms with Crippen molar-refractivity contribution in [2.75, 3.05) is 6.61 Å². The van der Waals surface area contributed by atoms with E-state index in [1.54, 1.807) is 0 Å². The van der Waals surface area contributed by atoms with Crippen LogP contribution in [0.3, 0.4) is 0 Å². The van der Waals surface area contributed by atoms with Crippen molar-refractivity contribution in [3.05, 3.63) is 16.1 Å². The maximum absolute atomic E-state index is 14.3. The van der Waals surface area contributed by atoms with Crippen LogP contribution in [0, 0.1) is 3.57 Å². The second-order valence-corrected chi connectivity index (χ2v) is 6.03. The van der Waals surface area contributed by atoms with E-state index in [2.05, 4.69) is 9.97 Å². The molecule has 0 bridgehead atoms. The Hall–Kier alpha value is -1.57. The van der Waals surface area contributed by atoms with Gasteiger partial charge in [-0.25, -0.2) is 19.2 Å². The number of primary amides is 1. The number of carbonyl (C=O) groups excluding carboxylic acids is 1. The van der Waals surface area contributed by atoms with E-state index in [9.17, 15) is 14.3 Å². The van der Waals surface area contributed by atoms with Gasteiger partial charge in [0.05, 0.1) is 12.0 Å². The molecule has 4 atom stereocenters. The highest BCUT2D eigenvalue weighted by Gasteiger charge is 2.45. The third-order valence-corrected chi connectivity index (χ3v) is 4.29. The lowest BCUT2D eigenvalue weighted by Gasteiger charge is -2.15. The number of aromatic nitrogens is 3. The van der Waals surface area contributed by atoms with Crippen LogP contribution in [0.25, 0.3) is 11.0 Å². The van der Waals surface area contributed by atoms with Gasteiger partial charge in [-0.05, 0) is 22.6 Å². The molecule has 0 spiro atoms. The van der Waals surface area contributed by atoms with E-state index in [0.29, 0.717) is 8.96 Å². The first-order valence-corrected chi connectivity index (χ1v) is 7.58. The highest BCUT2D eigenvalue weighted by Crippen LogP contribution is 2.37. The number of nitrogens with zero attached hydrogens (tertiary/aromatic N) is 3. The summed E-state index contributed by atoms with van der Waals surface area (Å²) in [6, 6.07) is 0. The Bertz CT molecular complexity index is 756. The molecule has 1 aliphatic rings. The standard InChI is InChI=1S/C12H12FIN4O5/c13-7-8(20)5(2-19)22-11(7)18-1-4(14)6-9(18)16-3-17-10(6)23-12(15)21/h1,3,5,7-8,11,19-20H,2H2,(H2,15,21)/t5-,7+,8-,11-/m1/s1. The SMILES string of the molecule is NC(=O)Oc1ncnc2c1c(I)cn2[C@@H]1O[C@H](CO)[C@@H](O)[C@@H]1F. The van der Waals surface area contributed by atoms with Gasteiger partial charge in [0.15, 0.2) is 18.0 Å². The van der Waals surface area contributed by atoms with Crippen molar-refractivity contribution >= 4 is 39.7 Å². The van der Waals surface area contributed by atoms with E-state index in [0.717, 1.165) is 6.33 Å². The van der Waals surface area contributed by atoms with Gasteiger partial charge in [-0.15, -0.1) is 0 Å². The third kappa shape index (κ3) is 2.73. The molecule has 0 unspecified atom stereocenters. The zero-order valence-electron chi connectivity index (χ0n) is 11.5. The average Bonchev–Trinajstić information content (AvgIpc) is 2.98. The summed E-state index contributed by atoms with van der Waals surface area (Å²) in [5, 5.41) is 19.2. The number of hydrogen-bond acceptors (Lipinski definition) is 7. The number of halogens is 2. The second-order valence-electron chi connectivity index (χ2n) is 4.87. The molecule has 11 heteroatoms. The van der Waals surface area contributed by atoms with Crippen molar-refractivity contribution in [1.82, 2.24) is 14.5 Å². The van der Waals surface area contributed by atoms with Gasteiger partial charge >= 0.3 is 6.09 Å². The second kappa shape index (κ2) is 6.14. The number of hydrogen-bond donors (Lipinski definition) is 3. The molecule has 1 aliphatic heterocycles. The van der Waals surface area contributed by atoms with Crippen LogP contribution in [-0.4, -0.2) is 55.8 Å². The highest BCUT2D eigenvalue weighted by molar-refractivity contribution is 14.1. The molecule has 124 valence electrons. The van der Waals surface area contributed by atoms with E-state index < -0.39 is 37.3 Å². The molecule has 3 heterocycles. The van der Waals surface area contributed by atoms with Crippen molar-refractivity contribution < 1.29 is 28.9 Å². The number of aliphatic hydroxyl groups excluding tert-OH is 2. The number of nitrogens with two attached hydrogens (primary N) is 1. The largest absolute Gasteiger partial charge is 0.411 e. The first-order chi connectivity index (χ1) is 10.9. The smallest absolute Gasteiger partial charge is 0.394 e. The van der Waals surface area contributed by atoms with Gasteiger partial charge in [-0.1, -0.05) is 0 Å². The van der Waals surface area contributed by atoms with Crippen LogP contribution in [0.4, 0.5) is 9.18 Å². The predicted octanol–water partition coefficient (Wildman–Crippen LogP) is 0.0821. The molecule has 2 aromatic heterocycles. The molecule has 23 heavy (non-hydrogen) atoms. The van der Waals surface area contributed by atoms with Gasteiger partial charge in [-0.3, -0.25) is 0 Å². The molecule has 1 saturated heterocycles. The van der Waals surface area contributed by atoms with Crippen LogP contribution in [0.15, 0.2) is 12.5 Å². The van der Waals surface area contributed by atoms with E-state index in [1.807, 2.05) is 22.6 Å². The lowest BCUT2D eigenvalue weighted by molar-refractivity contribution is -0.0457. The summed E-state index contributed by atoms with van der Waals surface area (Å²) in [5.41, 5.74) is 5.24. The Morgan fingerprint density at radius 2 is 2.30 bits per heavy atom. The highest BCUT2D eigenvalue weighted by atomic mass is 127. The maximum atomic E-state index is 14.3. The Labute approximate surface area is 142 Å². The zero-order chi connectivity index (χ0) is 16.7. The van der Waals surface area contributed by atoms with Crippen LogP contribution in [0.5, 0.6) is 5.88 Å². The summed E-state index contributed by atoms with van der Waals surface area (Å²) in [4.78, 5) is 18.8. The lowest BCUT2D eigenvalue weighted by Crippen LogP contribution is -2.30.